The van der Waals surface area contributed by atoms with Crippen LogP contribution >= 0.6 is 0 Å². The van der Waals surface area contributed by atoms with E-state index >= 15 is 0 Å². The van der Waals surface area contributed by atoms with Gasteiger partial charge in [0.25, 0.3) is 0 Å². The quantitative estimate of drug-likeness (QED) is 0.172. The number of nitrogens with zero attached hydrogens (tertiary/aromatic N) is 8. The Labute approximate surface area is 283 Å². The third kappa shape index (κ3) is 6.43. The Kier molecular flexibility index (Phi) is 7.93. The molecule has 0 aliphatic rings. The lowest BCUT2D eigenvalue weighted by Gasteiger charge is -2.13. The third-order valence-electron chi connectivity index (χ3n) is 7.99. The van der Waals surface area contributed by atoms with E-state index < -0.39 is 0 Å². The van der Waals surface area contributed by atoms with Crippen LogP contribution < -0.4 is 0 Å². The summed E-state index contributed by atoms with van der Waals surface area (Å²) in [6.45, 7) is 2.07. The van der Waals surface area contributed by atoms with Gasteiger partial charge in [0, 0.05) is 41.5 Å². The fraction of sp³-hybridized carbons (Fsp3) is 0.0244. The van der Waals surface area contributed by atoms with Gasteiger partial charge in [0.1, 0.15) is 0 Å². The Bertz CT molecular complexity index is 2110. The number of hydrogen-bond acceptors (Lipinski definition) is 8. The summed E-state index contributed by atoms with van der Waals surface area (Å²) in [5.74, 6) is 0.596. The van der Waals surface area contributed by atoms with E-state index in [1.165, 1.54) is 0 Å². The van der Waals surface area contributed by atoms with Crippen molar-refractivity contribution in [2.45, 2.75) is 6.92 Å². The molecule has 0 radical (unpaired) electrons. The second-order valence-electron chi connectivity index (χ2n) is 11.4. The second-order valence-corrected chi connectivity index (χ2v) is 11.4. The molecule has 232 valence electrons. The SMILES string of the molecule is Cc1ccc(-c2nc(-c3cc(-c4ccccn4)nc(-c4ccccn4)c3)cc(-c3cc(-c4ccccn4)nc(-c4ccccn4)c3)n2)cc1. The lowest BCUT2D eigenvalue weighted by Crippen LogP contribution is -1.99. The first kappa shape index (κ1) is 29.6. The molecule has 1 aromatic carbocycles. The first-order chi connectivity index (χ1) is 24.2. The van der Waals surface area contributed by atoms with Gasteiger partial charge in [-0.1, -0.05) is 54.1 Å². The van der Waals surface area contributed by atoms with Gasteiger partial charge in [-0.3, -0.25) is 19.9 Å². The maximum atomic E-state index is 5.14. The molecule has 0 spiro atoms. The van der Waals surface area contributed by atoms with Gasteiger partial charge in [-0.2, -0.15) is 0 Å². The normalized spacial score (nSPS) is 11.0. The summed E-state index contributed by atoms with van der Waals surface area (Å²) in [6.07, 6.45) is 7.07. The molecule has 8 rings (SSSR count). The first-order valence-electron chi connectivity index (χ1n) is 15.8. The highest BCUT2D eigenvalue weighted by Gasteiger charge is 2.17. The van der Waals surface area contributed by atoms with E-state index in [0.29, 0.717) is 5.82 Å². The average molecular weight is 633 g/mol. The van der Waals surface area contributed by atoms with E-state index in [2.05, 4.69) is 51.1 Å². The number of aromatic nitrogens is 8. The van der Waals surface area contributed by atoms with Gasteiger partial charge in [-0.05, 0) is 85.8 Å². The van der Waals surface area contributed by atoms with Crippen LogP contribution in [-0.2, 0) is 0 Å². The third-order valence-corrected chi connectivity index (χ3v) is 7.99. The maximum Gasteiger partial charge on any atom is 0.160 e. The molecule has 0 atom stereocenters. The van der Waals surface area contributed by atoms with E-state index in [9.17, 15) is 0 Å². The molecule has 0 aliphatic carbocycles. The molecule has 8 heteroatoms. The van der Waals surface area contributed by atoms with E-state index in [1.807, 2.05) is 103 Å². The maximum absolute atomic E-state index is 5.14. The van der Waals surface area contributed by atoms with Crippen molar-refractivity contribution < 1.29 is 0 Å². The van der Waals surface area contributed by atoms with Gasteiger partial charge in [0.05, 0.1) is 56.9 Å². The molecule has 7 aromatic heterocycles. The van der Waals surface area contributed by atoms with Crippen molar-refractivity contribution in [2.75, 3.05) is 0 Å². The molecule has 0 fully saturated rings. The molecule has 0 amide bonds. The van der Waals surface area contributed by atoms with Crippen LogP contribution in [0.2, 0.25) is 0 Å². The summed E-state index contributed by atoms with van der Waals surface area (Å²) in [4.78, 5) is 38.6. The molecule has 0 bridgehead atoms. The molecule has 0 N–H and O–H groups in total. The lowest BCUT2D eigenvalue weighted by molar-refractivity contribution is 1.17. The minimum Gasteiger partial charge on any atom is -0.255 e. The van der Waals surface area contributed by atoms with Crippen LogP contribution in [0.3, 0.4) is 0 Å². The van der Waals surface area contributed by atoms with Gasteiger partial charge in [0.15, 0.2) is 5.82 Å². The summed E-state index contributed by atoms with van der Waals surface area (Å²) < 4.78 is 0. The lowest BCUT2D eigenvalue weighted by atomic mass is 10.0. The van der Waals surface area contributed by atoms with Gasteiger partial charge < -0.3 is 0 Å². The van der Waals surface area contributed by atoms with Crippen LogP contribution in [0.1, 0.15) is 5.56 Å². The zero-order chi connectivity index (χ0) is 33.0. The van der Waals surface area contributed by atoms with Crippen LogP contribution in [-0.4, -0.2) is 39.9 Å². The van der Waals surface area contributed by atoms with Crippen LogP contribution in [0.15, 0.2) is 152 Å². The van der Waals surface area contributed by atoms with Crippen molar-refractivity contribution in [3.8, 4) is 79.5 Å². The molecule has 49 heavy (non-hydrogen) atoms. The summed E-state index contributed by atoms with van der Waals surface area (Å²) in [6, 6.07) is 41.5. The van der Waals surface area contributed by atoms with E-state index in [4.69, 9.17) is 19.9 Å². The largest absolute Gasteiger partial charge is 0.255 e. The second kappa shape index (κ2) is 13.1. The predicted octanol–water partition coefficient (Wildman–Crippen LogP) is 8.82. The van der Waals surface area contributed by atoms with Crippen LogP contribution in [0, 0.1) is 6.92 Å². The molecule has 0 unspecified atom stereocenters. The van der Waals surface area contributed by atoms with Gasteiger partial charge >= 0.3 is 0 Å². The predicted molar refractivity (Wildman–Crippen MR) is 192 cm³/mol. The summed E-state index contributed by atoms with van der Waals surface area (Å²) in [5, 5.41) is 0. The Morgan fingerprint density at radius 2 is 0.673 bits per heavy atom. The summed E-state index contributed by atoms with van der Waals surface area (Å²) >= 11 is 0. The van der Waals surface area contributed by atoms with E-state index in [1.54, 1.807) is 24.8 Å². The van der Waals surface area contributed by atoms with E-state index in [0.717, 1.165) is 79.2 Å². The van der Waals surface area contributed by atoms with Gasteiger partial charge in [0.2, 0.25) is 0 Å². The number of hydrogen-bond donors (Lipinski definition) is 0. The Hall–Kier alpha value is -6.80. The minimum atomic E-state index is 0.596. The van der Waals surface area contributed by atoms with Crippen molar-refractivity contribution in [1.29, 1.82) is 0 Å². The molecule has 0 saturated carbocycles. The van der Waals surface area contributed by atoms with E-state index in [-0.39, 0.29) is 0 Å². The van der Waals surface area contributed by atoms with Crippen molar-refractivity contribution in [3.63, 3.8) is 0 Å². The van der Waals surface area contributed by atoms with Crippen molar-refractivity contribution in [3.05, 3.63) is 158 Å². The summed E-state index contributed by atoms with van der Waals surface area (Å²) in [5.41, 5.74) is 11.1. The number of pyridine rings is 6. The fourth-order valence-corrected chi connectivity index (χ4v) is 5.51. The highest BCUT2D eigenvalue weighted by Crippen LogP contribution is 2.34. The highest BCUT2D eigenvalue weighted by molar-refractivity contribution is 5.79. The Morgan fingerprint density at radius 1 is 0.306 bits per heavy atom. The zero-order valence-corrected chi connectivity index (χ0v) is 26.5. The van der Waals surface area contributed by atoms with Crippen molar-refractivity contribution >= 4 is 0 Å². The molecule has 7 heterocycles. The topological polar surface area (TPSA) is 103 Å². The van der Waals surface area contributed by atoms with Crippen molar-refractivity contribution in [2.24, 2.45) is 0 Å². The molecule has 0 aliphatic heterocycles. The van der Waals surface area contributed by atoms with Crippen molar-refractivity contribution in [1.82, 2.24) is 39.9 Å². The Balaban J connectivity index is 1.37. The molecule has 8 aromatic rings. The Morgan fingerprint density at radius 3 is 1.00 bits per heavy atom. The highest BCUT2D eigenvalue weighted by atomic mass is 14.9. The van der Waals surface area contributed by atoms with Gasteiger partial charge in [-0.15, -0.1) is 0 Å². The average Bonchev–Trinajstić information content (AvgIpc) is 3.19. The number of rotatable bonds is 7. The number of aryl methyl sites for hydroxylation is 1. The smallest absolute Gasteiger partial charge is 0.160 e. The molecular formula is C41H28N8. The molecule has 8 nitrogen and oxygen atoms in total. The van der Waals surface area contributed by atoms with Crippen LogP contribution in [0.25, 0.3) is 79.5 Å². The van der Waals surface area contributed by atoms with Crippen LogP contribution in [0.4, 0.5) is 0 Å². The first-order valence-corrected chi connectivity index (χ1v) is 15.8. The summed E-state index contributed by atoms with van der Waals surface area (Å²) in [7, 11) is 0. The fourth-order valence-electron chi connectivity index (χ4n) is 5.51. The molecular weight excluding hydrogens is 605 g/mol. The minimum absolute atomic E-state index is 0.596. The zero-order valence-electron chi connectivity index (χ0n) is 26.5. The van der Waals surface area contributed by atoms with Gasteiger partial charge in [-0.25, -0.2) is 19.9 Å². The molecule has 0 saturated heterocycles. The monoisotopic (exact) mass is 632 g/mol. The standard InChI is InChI=1S/C41H28N8/c1-27-14-16-28(17-15-27)41-48-35(29-22-37(31-10-2-6-18-42-31)46-38(23-29)32-11-3-7-19-43-32)26-36(49-41)30-24-39(33-12-4-8-20-44-33)47-40(25-30)34-13-5-9-21-45-34/h2-26H,1H3. The number of benzene rings is 1. The van der Waals surface area contributed by atoms with Crippen LogP contribution in [0.5, 0.6) is 0 Å².